The number of hydrogen-bond donors (Lipinski definition) is 2. The molecule has 3 aromatic rings. The van der Waals surface area contributed by atoms with Crippen molar-refractivity contribution in [2.24, 2.45) is 0 Å². The summed E-state index contributed by atoms with van der Waals surface area (Å²) < 4.78 is 12.9. The Hall–Kier alpha value is -3.67. The number of allylic oxidation sites excluding steroid dienone is 4. The van der Waals surface area contributed by atoms with Crippen LogP contribution in [-0.2, 0) is 11.3 Å². The van der Waals surface area contributed by atoms with E-state index in [1.54, 1.807) is 32.4 Å². The van der Waals surface area contributed by atoms with Gasteiger partial charge in [0.2, 0.25) is 0 Å². The predicted molar refractivity (Wildman–Crippen MR) is 115 cm³/mol. The monoisotopic (exact) mass is 405 g/mol. The van der Waals surface area contributed by atoms with Crippen molar-refractivity contribution in [1.29, 1.82) is 0 Å². The fourth-order valence-electron chi connectivity index (χ4n) is 3.74. The number of aliphatic hydroxyl groups excluding tert-OH is 1. The molecule has 0 fully saturated rings. The number of methoxy groups -OCH3 is 2. The van der Waals surface area contributed by atoms with E-state index in [0.29, 0.717) is 24.3 Å². The van der Waals surface area contributed by atoms with E-state index in [-0.39, 0.29) is 23.8 Å². The van der Waals surface area contributed by atoms with Crippen molar-refractivity contribution in [3.8, 4) is 28.4 Å². The molecule has 0 aliphatic heterocycles. The Balaban J connectivity index is 1.86. The number of phenols is 1. The van der Waals surface area contributed by atoms with Crippen molar-refractivity contribution in [2.45, 2.75) is 19.4 Å². The van der Waals surface area contributed by atoms with E-state index in [4.69, 9.17) is 9.47 Å². The third-order valence-electron chi connectivity index (χ3n) is 5.37. The molecule has 1 aliphatic rings. The summed E-state index contributed by atoms with van der Waals surface area (Å²) in [6.45, 7) is 0.262. The molecular weight excluding hydrogens is 382 g/mol. The minimum absolute atomic E-state index is 0.0735. The third-order valence-corrected chi connectivity index (χ3v) is 5.37. The highest BCUT2D eigenvalue weighted by molar-refractivity contribution is 5.98. The Morgan fingerprint density at radius 1 is 1.03 bits per heavy atom. The largest absolute Gasteiger partial charge is 0.510 e. The molecule has 1 aromatic heterocycles. The number of aromatic hydroxyl groups is 1. The quantitative estimate of drug-likeness (QED) is 0.598. The molecular formula is C24H23NO5. The lowest BCUT2D eigenvalue weighted by Crippen LogP contribution is -2.06. The molecule has 0 spiro atoms. The van der Waals surface area contributed by atoms with Crippen LogP contribution in [0.4, 0.5) is 0 Å². The van der Waals surface area contributed by atoms with Gasteiger partial charge in [0.1, 0.15) is 11.5 Å². The molecule has 0 atom stereocenters. The summed E-state index contributed by atoms with van der Waals surface area (Å²) >= 11 is 0. The minimum atomic E-state index is 0.0735. The molecule has 1 heterocycles. The van der Waals surface area contributed by atoms with Gasteiger partial charge in [-0.05, 0) is 41.8 Å². The Labute approximate surface area is 174 Å². The number of carbonyl (C=O) groups excluding carboxylic acids is 1. The first-order chi connectivity index (χ1) is 14.5. The molecule has 0 saturated heterocycles. The second kappa shape index (κ2) is 7.99. The van der Waals surface area contributed by atoms with E-state index >= 15 is 0 Å². The standard InChI is InChI=1S/C24H23NO5/c1-29-23-11-19-20(15-3-7-17(26)8-4-15)13-25(21(19)12-24(23)30-2)14-22(28)16-5-9-18(27)10-6-16/h3-5,7-9,11-13,26,28H,6,10,14H2,1-2H3. The number of ketones is 1. The highest BCUT2D eigenvalue weighted by atomic mass is 16.5. The average molecular weight is 405 g/mol. The summed E-state index contributed by atoms with van der Waals surface area (Å²) in [6.07, 6.45) is 6.11. The summed E-state index contributed by atoms with van der Waals surface area (Å²) in [5.74, 6) is 1.70. The lowest BCUT2D eigenvalue weighted by atomic mass is 10.00. The minimum Gasteiger partial charge on any atom is -0.510 e. The topological polar surface area (TPSA) is 80.9 Å². The maximum Gasteiger partial charge on any atom is 0.162 e. The molecule has 0 radical (unpaired) electrons. The van der Waals surface area contributed by atoms with Crippen molar-refractivity contribution >= 4 is 16.7 Å². The van der Waals surface area contributed by atoms with Crippen molar-refractivity contribution in [2.75, 3.05) is 14.2 Å². The predicted octanol–water partition coefficient (Wildman–Crippen LogP) is 4.76. The molecule has 2 N–H and O–H groups in total. The number of ether oxygens (including phenoxy) is 2. The number of benzene rings is 2. The highest BCUT2D eigenvalue weighted by Crippen LogP contribution is 2.39. The first-order valence-electron chi connectivity index (χ1n) is 9.66. The number of phenolic OH excluding ortho intramolecular Hbond substituents is 1. The maximum absolute atomic E-state index is 11.4. The highest BCUT2D eigenvalue weighted by Gasteiger charge is 2.17. The summed E-state index contributed by atoms with van der Waals surface area (Å²) in [6, 6.07) is 10.8. The lowest BCUT2D eigenvalue weighted by molar-refractivity contribution is -0.114. The molecule has 2 aromatic carbocycles. The van der Waals surface area contributed by atoms with Gasteiger partial charge in [0.15, 0.2) is 17.3 Å². The van der Waals surface area contributed by atoms with Gasteiger partial charge in [-0.2, -0.15) is 0 Å². The first kappa shape index (κ1) is 19.6. The number of aliphatic hydroxyl groups is 1. The summed E-state index contributed by atoms with van der Waals surface area (Å²) in [5.41, 5.74) is 3.51. The molecule has 0 unspecified atom stereocenters. The number of nitrogens with zero attached hydrogens (tertiary/aromatic N) is 1. The number of carbonyl (C=O) groups is 1. The number of rotatable bonds is 5. The summed E-state index contributed by atoms with van der Waals surface area (Å²) in [5, 5.41) is 21.3. The van der Waals surface area contributed by atoms with Crippen molar-refractivity contribution in [1.82, 2.24) is 4.57 Å². The van der Waals surface area contributed by atoms with Crippen LogP contribution in [0.15, 0.2) is 66.1 Å². The summed E-state index contributed by atoms with van der Waals surface area (Å²) in [4.78, 5) is 11.4. The third kappa shape index (κ3) is 3.64. The average Bonchev–Trinajstić information content (AvgIpc) is 3.10. The van der Waals surface area contributed by atoms with Gasteiger partial charge < -0.3 is 24.3 Å². The molecule has 4 rings (SSSR count). The van der Waals surface area contributed by atoms with E-state index < -0.39 is 0 Å². The van der Waals surface area contributed by atoms with Crippen LogP contribution in [0.1, 0.15) is 12.8 Å². The van der Waals surface area contributed by atoms with Gasteiger partial charge in [-0.15, -0.1) is 0 Å². The van der Waals surface area contributed by atoms with Gasteiger partial charge in [-0.1, -0.05) is 18.2 Å². The molecule has 0 amide bonds. The van der Waals surface area contributed by atoms with Gasteiger partial charge in [-0.25, -0.2) is 0 Å². The number of aromatic nitrogens is 1. The Bertz CT molecular complexity index is 1170. The summed E-state index contributed by atoms with van der Waals surface area (Å²) in [7, 11) is 3.18. The SMILES string of the molecule is COc1cc2c(-c3ccc(O)cc3)cn(CC(O)=C3C=CC(=O)CC3)c2cc1OC. The second-order valence-corrected chi connectivity index (χ2v) is 7.21. The van der Waals surface area contributed by atoms with Gasteiger partial charge in [-0.3, -0.25) is 4.79 Å². The van der Waals surface area contributed by atoms with Crippen molar-refractivity contribution in [3.05, 3.63) is 66.1 Å². The van der Waals surface area contributed by atoms with E-state index in [0.717, 1.165) is 27.6 Å². The lowest BCUT2D eigenvalue weighted by Gasteiger charge is -2.13. The van der Waals surface area contributed by atoms with Crippen LogP contribution in [0, 0.1) is 0 Å². The van der Waals surface area contributed by atoms with E-state index in [9.17, 15) is 15.0 Å². The molecule has 0 saturated carbocycles. The van der Waals surface area contributed by atoms with Gasteiger partial charge in [0.05, 0.1) is 26.3 Å². The number of fused-ring (bicyclic) bond motifs is 1. The fourth-order valence-corrected chi connectivity index (χ4v) is 3.74. The van der Waals surface area contributed by atoms with Crippen LogP contribution >= 0.6 is 0 Å². The van der Waals surface area contributed by atoms with E-state index in [2.05, 4.69) is 0 Å². The van der Waals surface area contributed by atoms with Crippen molar-refractivity contribution < 1.29 is 24.5 Å². The van der Waals surface area contributed by atoms with Gasteiger partial charge in [0.25, 0.3) is 0 Å². The van der Waals surface area contributed by atoms with E-state index in [1.807, 2.05) is 35.0 Å². The van der Waals surface area contributed by atoms with Crippen LogP contribution in [-0.4, -0.2) is 34.8 Å². The Morgan fingerprint density at radius 3 is 2.37 bits per heavy atom. The fraction of sp³-hybridized carbons (Fsp3) is 0.208. The smallest absolute Gasteiger partial charge is 0.162 e. The zero-order valence-electron chi connectivity index (χ0n) is 16.9. The molecule has 154 valence electrons. The second-order valence-electron chi connectivity index (χ2n) is 7.21. The van der Waals surface area contributed by atoms with Crippen LogP contribution < -0.4 is 9.47 Å². The van der Waals surface area contributed by atoms with Crippen molar-refractivity contribution in [3.63, 3.8) is 0 Å². The normalized spacial score (nSPS) is 15.5. The van der Waals surface area contributed by atoms with Gasteiger partial charge >= 0.3 is 0 Å². The van der Waals surface area contributed by atoms with Crippen LogP contribution in [0.5, 0.6) is 17.2 Å². The zero-order valence-corrected chi connectivity index (χ0v) is 16.9. The maximum atomic E-state index is 11.4. The molecule has 1 aliphatic carbocycles. The molecule has 0 bridgehead atoms. The molecule has 6 heteroatoms. The molecule has 30 heavy (non-hydrogen) atoms. The van der Waals surface area contributed by atoms with Crippen LogP contribution in [0.2, 0.25) is 0 Å². The zero-order chi connectivity index (χ0) is 21.3. The molecule has 6 nitrogen and oxygen atoms in total. The first-order valence-corrected chi connectivity index (χ1v) is 9.66. The van der Waals surface area contributed by atoms with Crippen LogP contribution in [0.3, 0.4) is 0 Å². The Morgan fingerprint density at radius 2 is 1.73 bits per heavy atom. The Kier molecular flexibility index (Phi) is 5.23. The van der Waals surface area contributed by atoms with E-state index in [1.165, 1.54) is 6.08 Å². The number of hydrogen-bond acceptors (Lipinski definition) is 5. The van der Waals surface area contributed by atoms with Crippen LogP contribution in [0.25, 0.3) is 22.0 Å². The van der Waals surface area contributed by atoms with Gasteiger partial charge in [0, 0.05) is 29.6 Å².